The van der Waals surface area contributed by atoms with Crippen LogP contribution >= 0.6 is 0 Å². The van der Waals surface area contributed by atoms with E-state index in [0.29, 0.717) is 5.69 Å². The number of aromatic nitrogens is 1. The second-order valence-corrected chi connectivity index (χ2v) is 10.5. The first-order valence-electron chi connectivity index (χ1n) is 9.78. The lowest BCUT2D eigenvalue weighted by Crippen LogP contribution is -2.49. The van der Waals surface area contributed by atoms with Crippen LogP contribution in [0.2, 0.25) is 0 Å². The van der Waals surface area contributed by atoms with E-state index in [4.69, 9.17) is 8.95 Å². The summed E-state index contributed by atoms with van der Waals surface area (Å²) in [5.74, 6) is 0.791. The Kier molecular flexibility index (Phi) is 6.83. The van der Waals surface area contributed by atoms with Crippen LogP contribution in [-0.4, -0.2) is 25.4 Å². The van der Waals surface area contributed by atoms with Gasteiger partial charge in [0.2, 0.25) is 9.04 Å². The zero-order valence-electron chi connectivity index (χ0n) is 16.8. The largest absolute Gasteiger partial charge is 0.407 e. The van der Waals surface area contributed by atoms with Gasteiger partial charge in [0.1, 0.15) is 11.5 Å². The van der Waals surface area contributed by atoms with Crippen LogP contribution in [0.5, 0.6) is 0 Å². The number of aliphatic hydroxyl groups excluding tert-OH is 1. The van der Waals surface area contributed by atoms with Crippen molar-refractivity contribution >= 4 is 19.4 Å². The maximum Gasteiger partial charge on any atom is 0.240 e. The minimum Gasteiger partial charge on any atom is -0.407 e. The highest BCUT2D eigenvalue weighted by Crippen LogP contribution is 2.27. The van der Waals surface area contributed by atoms with Crippen molar-refractivity contribution in [1.82, 2.24) is 5.16 Å². The quantitative estimate of drug-likeness (QED) is 0.596. The van der Waals surface area contributed by atoms with Gasteiger partial charge in [0.25, 0.3) is 0 Å². The van der Waals surface area contributed by atoms with E-state index in [0.717, 1.165) is 18.6 Å². The molecule has 0 aliphatic heterocycles. The molecule has 1 unspecified atom stereocenters. The van der Waals surface area contributed by atoms with Crippen molar-refractivity contribution in [3.05, 3.63) is 78.2 Å². The number of nitrogens with zero attached hydrogens (tertiary/aromatic N) is 1. The molecule has 1 heterocycles. The highest BCUT2D eigenvalue weighted by molar-refractivity contribution is 6.80. The van der Waals surface area contributed by atoms with Crippen LogP contribution in [0.15, 0.2) is 71.3 Å². The summed E-state index contributed by atoms with van der Waals surface area (Å²) >= 11 is 0. The van der Waals surface area contributed by atoms with Gasteiger partial charge in [-0.1, -0.05) is 86.6 Å². The third kappa shape index (κ3) is 5.41. The lowest BCUT2D eigenvalue weighted by Gasteiger charge is -2.34. The van der Waals surface area contributed by atoms with Crippen molar-refractivity contribution in [2.75, 3.05) is 0 Å². The van der Waals surface area contributed by atoms with Crippen LogP contribution in [0.3, 0.4) is 0 Å². The Labute approximate surface area is 168 Å². The van der Waals surface area contributed by atoms with E-state index in [2.05, 4.69) is 74.5 Å². The van der Waals surface area contributed by atoms with Crippen LogP contribution in [0.4, 0.5) is 0 Å². The SMILES string of the molecule is CC(C)(C)C(CCc1cc(CO)no1)O[SiH](c1ccccc1)c1ccccc1. The average Bonchev–Trinajstić information content (AvgIpc) is 3.16. The van der Waals surface area contributed by atoms with Crippen molar-refractivity contribution in [3.8, 4) is 0 Å². The van der Waals surface area contributed by atoms with Crippen LogP contribution in [0, 0.1) is 5.41 Å². The van der Waals surface area contributed by atoms with E-state index >= 15 is 0 Å². The average molecular weight is 396 g/mol. The molecule has 1 atom stereocenters. The highest BCUT2D eigenvalue weighted by atomic mass is 28.3. The monoisotopic (exact) mass is 395 g/mol. The first kappa shape index (κ1) is 20.5. The number of hydrogen-bond acceptors (Lipinski definition) is 4. The van der Waals surface area contributed by atoms with Crippen molar-refractivity contribution < 1.29 is 14.1 Å². The molecule has 0 saturated carbocycles. The molecule has 0 saturated heterocycles. The lowest BCUT2D eigenvalue weighted by atomic mass is 9.86. The number of rotatable bonds is 8. The fourth-order valence-corrected chi connectivity index (χ4v) is 6.01. The zero-order valence-corrected chi connectivity index (χ0v) is 18.0. The molecule has 0 spiro atoms. The third-order valence-corrected chi connectivity index (χ3v) is 7.48. The topological polar surface area (TPSA) is 55.5 Å². The molecule has 148 valence electrons. The van der Waals surface area contributed by atoms with Crippen LogP contribution in [0.25, 0.3) is 0 Å². The van der Waals surface area contributed by atoms with E-state index in [1.54, 1.807) is 0 Å². The Hall–Kier alpha value is -2.21. The maximum atomic E-state index is 9.19. The molecule has 4 nitrogen and oxygen atoms in total. The van der Waals surface area contributed by atoms with Crippen LogP contribution in [0.1, 0.15) is 38.6 Å². The molecule has 0 bridgehead atoms. The van der Waals surface area contributed by atoms with Gasteiger partial charge in [-0.15, -0.1) is 0 Å². The van der Waals surface area contributed by atoms with Crippen LogP contribution in [-0.2, 0) is 17.5 Å². The fourth-order valence-electron chi connectivity index (χ4n) is 3.30. The number of aryl methyl sites for hydroxylation is 1. The third-order valence-electron chi connectivity index (χ3n) is 4.89. The molecular weight excluding hydrogens is 366 g/mol. The molecule has 28 heavy (non-hydrogen) atoms. The second kappa shape index (κ2) is 9.32. The van der Waals surface area contributed by atoms with Crippen molar-refractivity contribution in [2.24, 2.45) is 5.41 Å². The van der Waals surface area contributed by atoms with E-state index in [9.17, 15) is 5.11 Å². The molecule has 2 aromatic carbocycles. The lowest BCUT2D eigenvalue weighted by molar-refractivity contribution is 0.0799. The first-order valence-corrected chi connectivity index (χ1v) is 11.4. The molecule has 3 rings (SSSR count). The normalized spacial score (nSPS) is 13.0. The van der Waals surface area contributed by atoms with Gasteiger partial charge in [-0.3, -0.25) is 0 Å². The molecule has 0 aliphatic carbocycles. The summed E-state index contributed by atoms with van der Waals surface area (Å²) in [6.45, 7) is 6.57. The molecule has 1 aromatic heterocycles. The smallest absolute Gasteiger partial charge is 0.240 e. The molecule has 0 aliphatic rings. The van der Waals surface area contributed by atoms with Gasteiger partial charge in [-0.05, 0) is 22.2 Å². The first-order chi connectivity index (χ1) is 13.5. The van der Waals surface area contributed by atoms with Gasteiger partial charge in [0.05, 0.1) is 12.7 Å². The maximum absolute atomic E-state index is 9.19. The number of aliphatic hydroxyl groups is 1. The fraction of sp³-hybridized carbons (Fsp3) is 0.348. The van der Waals surface area contributed by atoms with Gasteiger partial charge in [-0.2, -0.15) is 0 Å². The van der Waals surface area contributed by atoms with E-state index in [1.807, 2.05) is 18.2 Å². The Morgan fingerprint density at radius 3 is 2.04 bits per heavy atom. The summed E-state index contributed by atoms with van der Waals surface area (Å²) < 4.78 is 12.2. The highest BCUT2D eigenvalue weighted by Gasteiger charge is 2.30. The van der Waals surface area contributed by atoms with Crippen molar-refractivity contribution in [1.29, 1.82) is 0 Å². The second-order valence-electron chi connectivity index (χ2n) is 8.17. The summed E-state index contributed by atoms with van der Waals surface area (Å²) in [5, 5.41) is 15.6. The molecule has 1 N–H and O–H groups in total. The Morgan fingerprint density at radius 1 is 1.00 bits per heavy atom. The van der Waals surface area contributed by atoms with E-state index < -0.39 is 9.04 Å². The minimum absolute atomic E-state index is 0.00532. The van der Waals surface area contributed by atoms with Crippen LogP contribution < -0.4 is 10.4 Å². The van der Waals surface area contributed by atoms with Crippen molar-refractivity contribution in [3.63, 3.8) is 0 Å². The van der Waals surface area contributed by atoms with E-state index in [1.165, 1.54) is 10.4 Å². The molecule has 0 fully saturated rings. The van der Waals surface area contributed by atoms with Gasteiger partial charge in [0, 0.05) is 12.5 Å². The predicted octanol–water partition coefficient (Wildman–Crippen LogP) is 3.07. The Balaban J connectivity index is 1.81. The van der Waals surface area contributed by atoms with Gasteiger partial charge < -0.3 is 14.1 Å². The Morgan fingerprint density at radius 2 is 1.57 bits per heavy atom. The van der Waals surface area contributed by atoms with Gasteiger partial charge in [-0.25, -0.2) is 0 Å². The van der Waals surface area contributed by atoms with Crippen molar-refractivity contribution in [2.45, 2.75) is 46.3 Å². The summed E-state index contributed by atoms with van der Waals surface area (Å²) in [7, 11) is -1.82. The summed E-state index contributed by atoms with van der Waals surface area (Å²) in [5.41, 5.74) is 0.568. The Bertz CT molecular complexity index is 804. The standard InChI is InChI=1S/C23H29NO3Si/c1-23(2,3)22(15-14-19-16-18(17-25)24-26-19)27-28(20-10-6-4-7-11-20)21-12-8-5-9-13-21/h4-13,16,22,25,28H,14-15,17H2,1-3H3. The summed E-state index contributed by atoms with van der Waals surface area (Å²) in [6.07, 6.45) is 1.65. The number of hydrogen-bond donors (Lipinski definition) is 1. The molecule has 5 heteroatoms. The molecular formula is C23H29NO3Si. The summed E-state index contributed by atoms with van der Waals surface area (Å²) in [6, 6.07) is 22.9. The predicted molar refractivity (Wildman–Crippen MR) is 114 cm³/mol. The molecule has 0 amide bonds. The molecule has 0 radical (unpaired) electrons. The zero-order chi connectivity index (χ0) is 20.0. The molecule has 3 aromatic rings. The van der Waals surface area contributed by atoms with Gasteiger partial charge in [0.15, 0.2) is 0 Å². The minimum atomic E-state index is -1.82. The van der Waals surface area contributed by atoms with Gasteiger partial charge >= 0.3 is 0 Å². The summed E-state index contributed by atoms with van der Waals surface area (Å²) in [4.78, 5) is 0. The number of benzene rings is 2. The van der Waals surface area contributed by atoms with E-state index in [-0.39, 0.29) is 18.1 Å².